The Morgan fingerprint density at radius 1 is 1.30 bits per heavy atom. The lowest BCUT2D eigenvalue weighted by Crippen LogP contribution is -2.47. The van der Waals surface area contributed by atoms with Gasteiger partial charge in [0, 0.05) is 36.6 Å². The van der Waals surface area contributed by atoms with Crippen molar-refractivity contribution in [3.8, 4) is 5.75 Å². The minimum absolute atomic E-state index is 0.0364. The Kier molecular flexibility index (Phi) is 6.54. The fourth-order valence-corrected chi connectivity index (χ4v) is 3.80. The maximum atomic E-state index is 12.6. The highest BCUT2D eigenvalue weighted by Gasteiger charge is 2.30. The molecule has 0 saturated carbocycles. The molecule has 2 aliphatic rings. The number of morpholine rings is 1. The molecule has 30 heavy (non-hydrogen) atoms. The Morgan fingerprint density at radius 3 is 2.90 bits per heavy atom. The Labute approximate surface area is 180 Å². The third-order valence-electron chi connectivity index (χ3n) is 5.35. The molecule has 2 aliphatic heterocycles. The fourth-order valence-electron chi connectivity index (χ4n) is 3.67. The monoisotopic (exact) mass is 432 g/mol. The smallest absolute Gasteiger partial charge is 0.242 e. The van der Waals surface area contributed by atoms with Gasteiger partial charge in [0.05, 0.1) is 32.0 Å². The van der Waals surface area contributed by atoms with Gasteiger partial charge in [0.25, 0.3) is 0 Å². The zero-order valence-electron chi connectivity index (χ0n) is 16.7. The third kappa shape index (κ3) is 5.12. The number of ether oxygens (including phenoxy) is 2. The minimum atomic E-state index is -0.279. The molecular formula is C21H25ClN4O4. The molecule has 9 heteroatoms. The summed E-state index contributed by atoms with van der Waals surface area (Å²) in [6.07, 6.45) is 1.76. The van der Waals surface area contributed by atoms with Crippen LogP contribution >= 0.6 is 11.6 Å². The number of rotatable bonds is 7. The molecule has 0 bridgehead atoms. The molecule has 1 aromatic heterocycles. The van der Waals surface area contributed by atoms with E-state index in [9.17, 15) is 9.59 Å². The normalized spacial score (nSPS) is 19.4. The van der Waals surface area contributed by atoms with Gasteiger partial charge in [0.2, 0.25) is 11.8 Å². The van der Waals surface area contributed by atoms with Gasteiger partial charge in [-0.1, -0.05) is 11.6 Å². The highest BCUT2D eigenvalue weighted by Crippen LogP contribution is 2.22. The number of aromatic nitrogens is 2. The average Bonchev–Trinajstić information content (AvgIpc) is 3.39. The average molecular weight is 433 g/mol. The summed E-state index contributed by atoms with van der Waals surface area (Å²) in [6.45, 7) is 2.74. The van der Waals surface area contributed by atoms with Gasteiger partial charge in [-0.05, 0) is 36.8 Å². The Hall–Kier alpha value is -2.58. The van der Waals surface area contributed by atoms with E-state index in [1.807, 2.05) is 18.2 Å². The largest absolute Gasteiger partial charge is 0.493 e. The summed E-state index contributed by atoms with van der Waals surface area (Å²) in [5.74, 6) is 0.789. The van der Waals surface area contributed by atoms with Crippen LogP contribution in [-0.4, -0.2) is 71.2 Å². The van der Waals surface area contributed by atoms with Gasteiger partial charge in [-0.25, -0.2) is 0 Å². The molecule has 3 heterocycles. The van der Waals surface area contributed by atoms with Crippen LogP contribution in [0.15, 0.2) is 30.3 Å². The predicted molar refractivity (Wildman–Crippen MR) is 110 cm³/mol. The van der Waals surface area contributed by atoms with E-state index in [-0.39, 0.29) is 24.5 Å². The molecule has 1 N–H and O–H groups in total. The molecule has 4 rings (SSSR count). The van der Waals surface area contributed by atoms with Gasteiger partial charge < -0.3 is 19.3 Å². The first-order valence-corrected chi connectivity index (χ1v) is 10.6. The molecule has 160 valence electrons. The quantitative estimate of drug-likeness (QED) is 0.724. The summed E-state index contributed by atoms with van der Waals surface area (Å²) in [4.78, 5) is 27.8. The molecule has 1 unspecified atom stereocenters. The predicted octanol–water partition coefficient (Wildman–Crippen LogP) is 2.21. The van der Waals surface area contributed by atoms with Crippen LogP contribution in [0.5, 0.6) is 5.75 Å². The number of halogens is 1. The summed E-state index contributed by atoms with van der Waals surface area (Å²) < 4.78 is 11.6. The van der Waals surface area contributed by atoms with E-state index >= 15 is 0 Å². The second kappa shape index (κ2) is 9.49. The Bertz CT molecular complexity index is 885. The molecule has 2 amide bonds. The highest BCUT2D eigenvalue weighted by molar-refractivity contribution is 6.30. The molecule has 0 radical (unpaired) electrons. The first-order chi connectivity index (χ1) is 14.6. The number of H-pyrrole nitrogens is 1. The summed E-state index contributed by atoms with van der Waals surface area (Å²) in [7, 11) is 0. The number of benzene rings is 1. The standard InChI is InChI=1S/C21H25ClN4O4/c22-15-3-5-17(6-4-15)29-10-7-16-12-18(24-23-16)19-13-26(9-11-30-19)21(28)14-25-8-1-2-20(25)27/h3-6,12,19H,1-2,7-11,13-14H2,(H,23,24). The van der Waals surface area contributed by atoms with Crippen molar-refractivity contribution in [2.75, 3.05) is 39.4 Å². The summed E-state index contributed by atoms with van der Waals surface area (Å²) >= 11 is 5.87. The van der Waals surface area contributed by atoms with Gasteiger partial charge in [-0.3, -0.25) is 14.7 Å². The summed E-state index contributed by atoms with van der Waals surface area (Å²) in [5.41, 5.74) is 1.71. The van der Waals surface area contributed by atoms with E-state index in [0.29, 0.717) is 50.7 Å². The van der Waals surface area contributed by atoms with E-state index < -0.39 is 0 Å². The Morgan fingerprint density at radius 2 is 2.13 bits per heavy atom. The van der Waals surface area contributed by atoms with Crippen LogP contribution in [0.4, 0.5) is 0 Å². The molecule has 0 aliphatic carbocycles. The van der Waals surface area contributed by atoms with E-state index in [1.54, 1.807) is 21.9 Å². The van der Waals surface area contributed by atoms with Crippen molar-refractivity contribution in [2.24, 2.45) is 0 Å². The van der Waals surface area contributed by atoms with Crippen LogP contribution in [0.25, 0.3) is 0 Å². The number of likely N-dealkylation sites (tertiary alicyclic amines) is 1. The summed E-state index contributed by atoms with van der Waals surface area (Å²) in [5, 5.41) is 8.05. The van der Waals surface area contributed by atoms with E-state index in [1.165, 1.54) is 0 Å². The van der Waals surface area contributed by atoms with E-state index in [0.717, 1.165) is 23.6 Å². The van der Waals surface area contributed by atoms with Gasteiger partial charge in [-0.2, -0.15) is 5.10 Å². The van der Waals surface area contributed by atoms with Crippen LogP contribution < -0.4 is 4.74 Å². The van der Waals surface area contributed by atoms with Crippen molar-refractivity contribution in [2.45, 2.75) is 25.4 Å². The van der Waals surface area contributed by atoms with Gasteiger partial charge in [0.15, 0.2) is 0 Å². The second-order valence-electron chi connectivity index (χ2n) is 7.49. The number of aromatic amines is 1. The van der Waals surface area contributed by atoms with Crippen molar-refractivity contribution in [1.29, 1.82) is 0 Å². The van der Waals surface area contributed by atoms with E-state index in [2.05, 4.69) is 10.2 Å². The number of amides is 2. The number of nitrogens with one attached hydrogen (secondary N) is 1. The maximum Gasteiger partial charge on any atom is 0.242 e. The molecule has 1 aromatic carbocycles. The van der Waals surface area contributed by atoms with Crippen molar-refractivity contribution in [1.82, 2.24) is 20.0 Å². The number of hydrogen-bond acceptors (Lipinski definition) is 5. The van der Waals surface area contributed by atoms with Gasteiger partial charge >= 0.3 is 0 Å². The molecule has 0 spiro atoms. The molecule has 8 nitrogen and oxygen atoms in total. The maximum absolute atomic E-state index is 12.6. The van der Waals surface area contributed by atoms with Crippen LogP contribution in [0.2, 0.25) is 5.02 Å². The third-order valence-corrected chi connectivity index (χ3v) is 5.60. The highest BCUT2D eigenvalue weighted by atomic mass is 35.5. The first kappa shape index (κ1) is 20.7. The van der Waals surface area contributed by atoms with Crippen molar-refractivity contribution < 1.29 is 19.1 Å². The Balaban J connectivity index is 1.27. The van der Waals surface area contributed by atoms with Crippen LogP contribution in [0, 0.1) is 0 Å². The number of carbonyl (C=O) groups is 2. The number of nitrogens with zero attached hydrogens (tertiary/aromatic N) is 3. The van der Waals surface area contributed by atoms with Crippen LogP contribution in [0.1, 0.15) is 30.3 Å². The first-order valence-electron chi connectivity index (χ1n) is 10.2. The number of hydrogen-bond donors (Lipinski definition) is 1. The lowest BCUT2D eigenvalue weighted by atomic mass is 10.2. The van der Waals surface area contributed by atoms with Crippen molar-refractivity contribution >= 4 is 23.4 Å². The van der Waals surface area contributed by atoms with Crippen molar-refractivity contribution in [3.63, 3.8) is 0 Å². The molecule has 2 aromatic rings. The lowest BCUT2D eigenvalue weighted by Gasteiger charge is -2.33. The van der Waals surface area contributed by atoms with Crippen LogP contribution in [0.3, 0.4) is 0 Å². The van der Waals surface area contributed by atoms with Crippen LogP contribution in [-0.2, 0) is 20.7 Å². The minimum Gasteiger partial charge on any atom is -0.493 e. The van der Waals surface area contributed by atoms with E-state index in [4.69, 9.17) is 21.1 Å². The topological polar surface area (TPSA) is 87.8 Å². The van der Waals surface area contributed by atoms with Crippen molar-refractivity contribution in [3.05, 3.63) is 46.7 Å². The van der Waals surface area contributed by atoms with Gasteiger partial charge in [0.1, 0.15) is 11.9 Å². The molecule has 2 saturated heterocycles. The zero-order chi connectivity index (χ0) is 20.9. The fraction of sp³-hybridized carbons (Fsp3) is 0.476. The van der Waals surface area contributed by atoms with Gasteiger partial charge in [-0.15, -0.1) is 0 Å². The molecule has 1 atom stereocenters. The SMILES string of the molecule is O=C1CCCN1CC(=O)N1CCOC(c2cc(CCOc3ccc(Cl)cc3)[nH]n2)C1. The second-order valence-corrected chi connectivity index (χ2v) is 7.92. The molecular weight excluding hydrogens is 408 g/mol. The summed E-state index contributed by atoms with van der Waals surface area (Å²) in [6, 6.07) is 9.19. The zero-order valence-corrected chi connectivity index (χ0v) is 17.4. The molecule has 2 fully saturated rings. The lowest BCUT2D eigenvalue weighted by molar-refractivity contribution is -0.143. The number of carbonyl (C=O) groups excluding carboxylic acids is 2.